The summed E-state index contributed by atoms with van der Waals surface area (Å²) in [6.07, 6.45) is 1.99. The third-order valence-electron chi connectivity index (χ3n) is 5.24. The Balaban J connectivity index is 1.64. The Morgan fingerprint density at radius 3 is 2.52 bits per heavy atom. The van der Waals surface area contributed by atoms with Crippen molar-refractivity contribution in [2.45, 2.75) is 32.7 Å². The Labute approximate surface area is 150 Å². The molecule has 0 bridgehead atoms. The van der Waals surface area contributed by atoms with E-state index in [2.05, 4.69) is 17.9 Å². The summed E-state index contributed by atoms with van der Waals surface area (Å²) in [6, 6.07) is 8.31. The van der Waals surface area contributed by atoms with Crippen LogP contribution in [0.3, 0.4) is 0 Å². The number of hydrogen-bond donors (Lipinski definition) is 0. The van der Waals surface area contributed by atoms with Crippen LogP contribution in [-0.2, 0) is 21.2 Å². The van der Waals surface area contributed by atoms with Crippen LogP contribution in [0.4, 0.5) is 5.69 Å². The highest BCUT2D eigenvalue weighted by Crippen LogP contribution is 2.30. The molecular formula is C18H27N3O3S. The molecule has 1 saturated heterocycles. The molecular weight excluding hydrogens is 338 g/mol. The number of anilines is 1. The zero-order valence-corrected chi connectivity index (χ0v) is 15.8. The number of hydrogen-bond acceptors (Lipinski definition) is 4. The quantitative estimate of drug-likeness (QED) is 0.807. The third kappa shape index (κ3) is 3.88. The average molecular weight is 365 g/mol. The van der Waals surface area contributed by atoms with Gasteiger partial charge in [-0.05, 0) is 38.3 Å². The first-order valence-electron chi connectivity index (χ1n) is 9.02. The van der Waals surface area contributed by atoms with E-state index in [-0.39, 0.29) is 17.7 Å². The van der Waals surface area contributed by atoms with Crippen molar-refractivity contribution in [3.8, 4) is 0 Å². The van der Waals surface area contributed by atoms with Crippen LogP contribution in [0.5, 0.6) is 0 Å². The zero-order chi connectivity index (χ0) is 18.0. The smallest absolute Gasteiger partial charge is 0.241 e. The lowest BCUT2D eigenvalue weighted by molar-refractivity contribution is -0.120. The van der Waals surface area contributed by atoms with E-state index in [1.807, 2.05) is 23.1 Å². The predicted octanol–water partition coefficient (Wildman–Crippen LogP) is 1.32. The van der Waals surface area contributed by atoms with Gasteiger partial charge in [-0.15, -0.1) is 0 Å². The molecule has 2 aliphatic heterocycles. The fraction of sp³-hybridized carbons (Fsp3) is 0.611. The molecule has 3 rings (SSSR count). The van der Waals surface area contributed by atoms with E-state index in [1.165, 1.54) is 9.87 Å². The Morgan fingerprint density at radius 2 is 1.84 bits per heavy atom. The van der Waals surface area contributed by atoms with Crippen molar-refractivity contribution in [3.63, 3.8) is 0 Å². The summed E-state index contributed by atoms with van der Waals surface area (Å²) in [5, 5.41) is 0. The molecule has 138 valence electrons. The number of nitrogens with zero attached hydrogens (tertiary/aromatic N) is 3. The number of piperazine rings is 1. The van der Waals surface area contributed by atoms with Gasteiger partial charge in [0.05, 0.1) is 12.3 Å². The summed E-state index contributed by atoms with van der Waals surface area (Å²) in [7, 11) is -3.13. The van der Waals surface area contributed by atoms with Crippen LogP contribution in [0.25, 0.3) is 0 Å². The minimum absolute atomic E-state index is 0.103. The van der Waals surface area contributed by atoms with Crippen LogP contribution in [0, 0.1) is 0 Å². The van der Waals surface area contributed by atoms with Crippen LogP contribution >= 0.6 is 0 Å². The lowest BCUT2D eigenvalue weighted by atomic mass is 9.96. The van der Waals surface area contributed by atoms with Crippen LogP contribution in [-0.4, -0.2) is 68.0 Å². The highest BCUT2D eigenvalue weighted by molar-refractivity contribution is 7.89. The Morgan fingerprint density at radius 1 is 1.16 bits per heavy atom. The number of fused-ring (bicyclic) bond motifs is 1. The van der Waals surface area contributed by atoms with E-state index in [0.717, 1.165) is 18.5 Å². The molecule has 2 aliphatic rings. The molecule has 1 fully saturated rings. The highest BCUT2D eigenvalue weighted by atomic mass is 32.2. The summed E-state index contributed by atoms with van der Waals surface area (Å²) in [6.45, 7) is 6.26. The third-order valence-corrected chi connectivity index (χ3v) is 7.12. The molecule has 1 unspecified atom stereocenters. The second kappa shape index (κ2) is 7.43. The second-order valence-corrected chi connectivity index (χ2v) is 9.11. The number of carbonyl (C=O) groups excluding carboxylic acids is 1. The standard InChI is InChI=1S/C18H27N3O3S/c1-3-25(23,24)20-12-10-19(11-13-20)14-18(22)21-15(2)8-9-16-6-4-5-7-17(16)21/h4-7,15H,3,8-14H2,1-2H3. The monoisotopic (exact) mass is 365 g/mol. The molecule has 2 heterocycles. The molecule has 6 nitrogen and oxygen atoms in total. The van der Waals surface area contributed by atoms with Gasteiger partial charge >= 0.3 is 0 Å². The summed E-state index contributed by atoms with van der Waals surface area (Å²) < 4.78 is 25.4. The first kappa shape index (κ1) is 18.4. The molecule has 0 spiro atoms. The van der Waals surface area contributed by atoms with Gasteiger partial charge in [0.2, 0.25) is 15.9 Å². The van der Waals surface area contributed by atoms with Gasteiger partial charge in [-0.1, -0.05) is 18.2 Å². The van der Waals surface area contributed by atoms with Gasteiger partial charge in [0, 0.05) is 37.9 Å². The minimum Gasteiger partial charge on any atom is -0.308 e. The summed E-state index contributed by atoms with van der Waals surface area (Å²) in [5.74, 6) is 0.236. The Bertz CT molecular complexity index is 727. The van der Waals surface area contributed by atoms with Crippen molar-refractivity contribution in [1.82, 2.24) is 9.21 Å². The summed E-state index contributed by atoms with van der Waals surface area (Å²) in [5.41, 5.74) is 2.26. The molecule has 1 aromatic rings. The van der Waals surface area contributed by atoms with Crippen molar-refractivity contribution >= 4 is 21.6 Å². The lowest BCUT2D eigenvalue weighted by Gasteiger charge is -2.38. The van der Waals surface area contributed by atoms with Gasteiger partial charge in [0.25, 0.3) is 0 Å². The SMILES string of the molecule is CCS(=O)(=O)N1CCN(CC(=O)N2c3ccccc3CCC2C)CC1. The number of carbonyl (C=O) groups is 1. The highest BCUT2D eigenvalue weighted by Gasteiger charge is 2.31. The van der Waals surface area contributed by atoms with Crippen molar-refractivity contribution in [3.05, 3.63) is 29.8 Å². The maximum atomic E-state index is 12.9. The predicted molar refractivity (Wildman–Crippen MR) is 99.2 cm³/mol. The van der Waals surface area contributed by atoms with Crippen molar-refractivity contribution in [2.24, 2.45) is 0 Å². The molecule has 1 amide bonds. The van der Waals surface area contributed by atoms with Gasteiger partial charge < -0.3 is 4.90 Å². The number of sulfonamides is 1. The molecule has 0 saturated carbocycles. The first-order chi connectivity index (χ1) is 11.9. The second-order valence-electron chi connectivity index (χ2n) is 6.86. The van der Waals surface area contributed by atoms with Crippen LogP contribution in [0.1, 0.15) is 25.8 Å². The van der Waals surface area contributed by atoms with Crippen LogP contribution in [0.15, 0.2) is 24.3 Å². The van der Waals surface area contributed by atoms with E-state index in [0.29, 0.717) is 32.7 Å². The van der Waals surface area contributed by atoms with Gasteiger partial charge in [0.1, 0.15) is 0 Å². The fourth-order valence-electron chi connectivity index (χ4n) is 3.68. The molecule has 0 N–H and O–H groups in total. The van der Waals surface area contributed by atoms with E-state index in [4.69, 9.17) is 0 Å². The van der Waals surface area contributed by atoms with Crippen molar-refractivity contribution in [1.29, 1.82) is 0 Å². The number of amides is 1. The van der Waals surface area contributed by atoms with Gasteiger partial charge in [-0.3, -0.25) is 9.69 Å². The topological polar surface area (TPSA) is 60.9 Å². The molecule has 0 aromatic heterocycles. The van der Waals surface area contributed by atoms with Crippen LogP contribution in [0.2, 0.25) is 0 Å². The van der Waals surface area contributed by atoms with Crippen molar-refractivity contribution < 1.29 is 13.2 Å². The zero-order valence-electron chi connectivity index (χ0n) is 15.0. The van der Waals surface area contributed by atoms with Gasteiger partial charge in [0.15, 0.2) is 0 Å². The number of benzene rings is 1. The normalized spacial score (nSPS) is 22.6. The maximum Gasteiger partial charge on any atom is 0.241 e. The summed E-state index contributed by atoms with van der Waals surface area (Å²) >= 11 is 0. The number of aryl methyl sites for hydroxylation is 1. The number of para-hydroxylation sites is 1. The molecule has 0 aliphatic carbocycles. The molecule has 25 heavy (non-hydrogen) atoms. The first-order valence-corrected chi connectivity index (χ1v) is 10.6. The maximum absolute atomic E-state index is 12.9. The van der Waals surface area contributed by atoms with E-state index in [1.54, 1.807) is 6.92 Å². The molecule has 1 aromatic carbocycles. The van der Waals surface area contributed by atoms with Crippen molar-refractivity contribution in [2.75, 3.05) is 43.4 Å². The fourth-order valence-corrected chi connectivity index (χ4v) is 4.77. The van der Waals surface area contributed by atoms with E-state index in [9.17, 15) is 13.2 Å². The minimum atomic E-state index is -3.13. The molecule has 7 heteroatoms. The summed E-state index contributed by atoms with van der Waals surface area (Å²) in [4.78, 5) is 16.9. The largest absolute Gasteiger partial charge is 0.308 e. The lowest BCUT2D eigenvalue weighted by Crippen LogP contribution is -2.53. The number of rotatable bonds is 4. The average Bonchev–Trinajstić information content (AvgIpc) is 2.62. The Hall–Kier alpha value is -1.44. The molecule has 0 radical (unpaired) electrons. The van der Waals surface area contributed by atoms with Crippen LogP contribution < -0.4 is 4.90 Å². The van der Waals surface area contributed by atoms with E-state index < -0.39 is 10.0 Å². The van der Waals surface area contributed by atoms with E-state index >= 15 is 0 Å². The molecule has 1 atom stereocenters. The van der Waals surface area contributed by atoms with Gasteiger partial charge in [-0.25, -0.2) is 8.42 Å². The van der Waals surface area contributed by atoms with Gasteiger partial charge in [-0.2, -0.15) is 4.31 Å². The Kier molecular flexibility index (Phi) is 5.46.